The fourth-order valence-corrected chi connectivity index (χ4v) is 3.00. The van der Waals surface area contributed by atoms with Gasteiger partial charge in [0.05, 0.1) is 10.9 Å². The maximum absolute atomic E-state index is 11.7. The summed E-state index contributed by atoms with van der Waals surface area (Å²) in [5.74, 6) is 0.377. The summed E-state index contributed by atoms with van der Waals surface area (Å²) < 4.78 is 28.7. The minimum atomic E-state index is -3.18. The van der Waals surface area contributed by atoms with Crippen molar-refractivity contribution < 1.29 is 17.9 Å². The van der Waals surface area contributed by atoms with Gasteiger partial charge in [0.15, 0.2) is 16.4 Å². The molecule has 0 saturated carbocycles. The van der Waals surface area contributed by atoms with Crippen LogP contribution in [0, 0.1) is 0 Å². The smallest absolute Gasteiger partial charge is 0.262 e. The van der Waals surface area contributed by atoms with Crippen molar-refractivity contribution in [2.75, 3.05) is 25.2 Å². The highest BCUT2D eigenvalue weighted by atomic mass is 32.2. The molecule has 1 aliphatic rings. The average molecular weight is 298 g/mol. The molecule has 2 atom stereocenters. The van der Waals surface area contributed by atoms with Crippen LogP contribution >= 0.6 is 0 Å². The number of carbonyl (C=O) groups excluding carboxylic acids is 1. The Labute approximate surface area is 118 Å². The number of hydrogen-bond acceptors (Lipinski definition) is 5. The van der Waals surface area contributed by atoms with Gasteiger partial charge in [-0.1, -0.05) is 6.07 Å². The Balaban J connectivity index is 2.36. The number of rotatable bonds is 4. The third-order valence-corrected chi connectivity index (χ3v) is 5.07. The Bertz CT molecular complexity index is 627. The van der Waals surface area contributed by atoms with Crippen molar-refractivity contribution in [3.63, 3.8) is 0 Å². The third kappa shape index (κ3) is 2.94. The lowest BCUT2D eigenvalue weighted by Crippen LogP contribution is -2.33. The zero-order valence-corrected chi connectivity index (χ0v) is 12.5. The number of sulfone groups is 1. The summed E-state index contributed by atoms with van der Waals surface area (Å²) in [5.41, 5.74) is 1.36. The highest BCUT2D eigenvalue weighted by Gasteiger charge is 2.27. The molecule has 0 bridgehead atoms. The Morgan fingerprint density at radius 2 is 2.10 bits per heavy atom. The molecule has 0 aromatic heterocycles. The van der Waals surface area contributed by atoms with Gasteiger partial charge in [0.2, 0.25) is 0 Å². The highest BCUT2D eigenvalue weighted by molar-refractivity contribution is 7.91. The lowest BCUT2D eigenvalue weighted by molar-refractivity contribution is -0.118. The molecule has 6 nitrogen and oxygen atoms in total. The van der Waals surface area contributed by atoms with Gasteiger partial charge < -0.3 is 15.4 Å². The second-order valence-electron chi connectivity index (χ2n) is 4.89. The largest absolute Gasteiger partial charge is 0.482 e. The number of nitrogens with one attached hydrogen (secondary N) is 2. The molecule has 1 aromatic rings. The Morgan fingerprint density at radius 3 is 2.70 bits per heavy atom. The van der Waals surface area contributed by atoms with E-state index < -0.39 is 15.1 Å². The molecule has 0 fully saturated rings. The van der Waals surface area contributed by atoms with E-state index in [1.165, 1.54) is 6.26 Å². The van der Waals surface area contributed by atoms with Crippen molar-refractivity contribution in [1.29, 1.82) is 0 Å². The van der Waals surface area contributed by atoms with E-state index in [9.17, 15) is 13.2 Å². The maximum atomic E-state index is 11.7. The predicted octanol–water partition coefficient (Wildman–Crippen LogP) is 0.711. The van der Waals surface area contributed by atoms with Crippen LogP contribution in [0.4, 0.5) is 5.69 Å². The fraction of sp³-hybridized carbons (Fsp3) is 0.462. The Morgan fingerprint density at radius 1 is 1.40 bits per heavy atom. The van der Waals surface area contributed by atoms with Crippen molar-refractivity contribution in [3.05, 3.63) is 23.8 Å². The van der Waals surface area contributed by atoms with E-state index in [0.717, 1.165) is 5.56 Å². The fourth-order valence-electron chi connectivity index (χ4n) is 2.21. The summed E-state index contributed by atoms with van der Waals surface area (Å²) in [6, 6.07) is 4.94. The first-order valence-electron chi connectivity index (χ1n) is 6.25. The zero-order valence-electron chi connectivity index (χ0n) is 11.6. The van der Waals surface area contributed by atoms with Gasteiger partial charge in [-0.3, -0.25) is 4.79 Å². The average Bonchev–Trinajstić information content (AvgIpc) is 2.38. The molecule has 2 rings (SSSR count). The van der Waals surface area contributed by atoms with Crippen molar-refractivity contribution >= 4 is 21.4 Å². The molecule has 20 heavy (non-hydrogen) atoms. The first kappa shape index (κ1) is 14.8. The minimum Gasteiger partial charge on any atom is -0.482 e. The first-order valence-corrected chi connectivity index (χ1v) is 8.21. The molecule has 1 aliphatic heterocycles. The van der Waals surface area contributed by atoms with Crippen LogP contribution in [0.5, 0.6) is 5.75 Å². The summed E-state index contributed by atoms with van der Waals surface area (Å²) >= 11 is 0. The molecule has 1 amide bonds. The number of benzene rings is 1. The van der Waals surface area contributed by atoms with Gasteiger partial charge in [0, 0.05) is 12.3 Å². The van der Waals surface area contributed by atoms with Gasteiger partial charge in [0.25, 0.3) is 5.91 Å². The third-order valence-electron chi connectivity index (χ3n) is 3.45. The Kier molecular flexibility index (Phi) is 4.01. The van der Waals surface area contributed by atoms with E-state index in [1.54, 1.807) is 32.2 Å². The van der Waals surface area contributed by atoms with E-state index in [-0.39, 0.29) is 18.6 Å². The van der Waals surface area contributed by atoms with Crippen LogP contribution in [0.2, 0.25) is 0 Å². The zero-order chi connectivity index (χ0) is 14.9. The van der Waals surface area contributed by atoms with Crippen LogP contribution in [0.3, 0.4) is 0 Å². The summed E-state index contributed by atoms with van der Waals surface area (Å²) in [4.78, 5) is 11.3. The molecular formula is C13H18N2O4S. The molecule has 110 valence electrons. The van der Waals surface area contributed by atoms with Gasteiger partial charge in [-0.2, -0.15) is 0 Å². The van der Waals surface area contributed by atoms with Gasteiger partial charge in [-0.25, -0.2) is 8.42 Å². The van der Waals surface area contributed by atoms with Crippen LogP contribution < -0.4 is 15.4 Å². The minimum absolute atomic E-state index is 0.00153. The lowest BCUT2D eigenvalue weighted by Gasteiger charge is -2.25. The number of ether oxygens (including phenoxy) is 1. The van der Waals surface area contributed by atoms with E-state index in [1.807, 2.05) is 0 Å². The summed E-state index contributed by atoms with van der Waals surface area (Å²) in [7, 11) is -1.47. The van der Waals surface area contributed by atoms with Crippen LogP contribution in [0.25, 0.3) is 0 Å². The van der Waals surface area contributed by atoms with Gasteiger partial charge in [-0.15, -0.1) is 0 Å². The molecule has 2 unspecified atom stereocenters. The number of hydrogen-bond donors (Lipinski definition) is 2. The number of fused-ring (bicyclic) bond motifs is 1. The van der Waals surface area contributed by atoms with Gasteiger partial charge >= 0.3 is 0 Å². The number of amides is 1. The maximum Gasteiger partial charge on any atom is 0.262 e. The second-order valence-corrected chi connectivity index (χ2v) is 7.30. The van der Waals surface area contributed by atoms with Gasteiger partial charge in [0.1, 0.15) is 5.75 Å². The molecule has 0 aliphatic carbocycles. The van der Waals surface area contributed by atoms with Crippen LogP contribution in [-0.4, -0.2) is 39.5 Å². The van der Waals surface area contributed by atoms with E-state index in [2.05, 4.69) is 10.6 Å². The second kappa shape index (κ2) is 5.41. The molecule has 1 aromatic carbocycles. The summed E-state index contributed by atoms with van der Waals surface area (Å²) in [6.07, 6.45) is 1.21. The van der Waals surface area contributed by atoms with E-state index in [4.69, 9.17) is 4.74 Å². The van der Waals surface area contributed by atoms with Gasteiger partial charge in [-0.05, 0) is 31.7 Å². The quantitative estimate of drug-likeness (QED) is 0.855. The molecule has 2 N–H and O–H groups in total. The normalized spacial score (nSPS) is 17.6. The standard InChI is InChI=1S/C13H18N2O4S/c1-8(20(3,17)18)13(14-2)9-4-5-11-10(6-9)15-12(16)7-19-11/h4-6,8,13-14H,7H2,1-3H3,(H,15,16). The van der Waals surface area contributed by atoms with Crippen LogP contribution in [0.1, 0.15) is 18.5 Å². The highest BCUT2D eigenvalue weighted by Crippen LogP contribution is 2.32. The number of anilines is 1. The van der Waals surface area contributed by atoms with Crippen LogP contribution in [-0.2, 0) is 14.6 Å². The van der Waals surface area contributed by atoms with E-state index >= 15 is 0 Å². The van der Waals surface area contributed by atoms with Crippen molar-refractivity contribution in [3.8, 4) is 5.75 Å². The van der Waals surface area contributed by atoms with Crippen molar-refractivity contribution in [2.24, 2.45) is 0 Å². The monoisotopic (exact) mass is 298 g/mol. The molecule has 1 heterocycles. The molecule has 0 radical (unpaired) electrons. The molecule has 7 heteroatoms. The lowest BCUT2D eigenvalue weighted by atomic mass is 10.0. The topological polar surface area (TPSA) is 84.5 Å². The van der Waals surface area contributed by atoms with Crippen molar-refractivity contribution in [1.82, 2.24) is 5.32 Å². The van der Waals surface area contributed by atoms with Crippen LogP contribution in [0.15, 0.2) is 18.2 Å². The first-order chi connectivity index (χ1) is 9.32. The van der Waals surface area contributed by atoms with E-state index in [0.29, 0.717) is 11.4 Å². The molecule has 0 saturated heterocycles. The summed E-state index contributed by atoms with van der Waals surface area (Å²) in [6.45, 7) is 1.66. The molecular weight excluding hydrogens is 280 g/mol. The summed E-state index contributed by atoms with van der Waals surface area (Å²) in [5, 5.41) is 5.15. The Hall–Kier alpha value is -1.60. The van der Waals surface area contributed by atoms with Crippen molar-refractivity contribution in [2.45, 2.75) is 18.2 Å². The predicted molar refractivity (Wildman–Crippen MR) is 76.7 cm³/mol. The molecule has 0 spiro atoms. The SMILES string of the molecule is CNC(c1ccc2c(c1)NC(=O)CO2)C(C)S(C)(=O)=O. The number of carbonyl (C=O) groups is 1.